The summed E-state index contributed by atoms with van der Waals surface area (Å²) in [5.74, 6) is -0.0613. The molecule has 18 heavy (non-hydrogen) atoms. The first kappa shape index (κ1) is 11.7. The topological polar surface area (TPSA) is 67.0 Å². The van der Waals surface area contributed by atoms with Crippen molar-refractivity contribution in [3.8, 4) is 0 Å². The first-order chi connectivity index (χ1) is 8.48. The molecule has 98 valence electrons. The second-order valence-corrected chi connectivity index (χ2v) is 5.77. The molecule has 0 radical (unpaired) electrons. The molecule has 5 nitrogen and oxygen atoms in total. The zero-order chi connectivity index (χ0) is 12.9. The highest BCUT2D eigenvalue weighted by atomic mass is 16.5. The first-order valence-corrected chi connectivity index (χ1v) is 6.54. The van der Waals surface area contributed by atoms with Gasteiger partial charge in [-0.1, -0.05) is 0 Å². The van der Waals surface area contributed by atoms with Gasteiger partial charge in [0.15, 0.2) is 5.69 Å². The van der Waals surface area contributed by atoms with Crippen molar-refractivity contribution in [3.05, 3.63) is 17.0 Å². The monoisotopic (exact) mass is 249 g/mol. The minimum Gasteiger partial charge on any atom is -0.369 e. The van der Waals surface area contributed by atoms with Crippen molar-refractivity contribution in [2.75, 3.05) is 0 Å². The molecule has 0 spiro atoms. The molecule has 2 aliphatic rings. The highest BCUT2D eigenvalue weighted by Crippen LogP contribution is 2.35. The highest BCUT2D eigenvalue weighted by molar-refractivity contribution is 5.94. The normalized spacial score (nSPS) is 28.6. The third-order valence-electron chi connectivity index (χ3n) is 3.86. The number of nitrogens with zero attached hydrogens (tertiary/aromatic N) is 1. The number of nitrogens with one attached hydrogen (secondary N) is 2. The van der Waals surface area contributed by atoms with E-state index >= 15 is 0 Å². The van der Waals surface area contributed by atoms with Crippen LogP contribution in [-0.4, -0.2) is 27.7 Å². The molecule has 2 N–H and O–H groups in total. The van der Waals surface area contributed by atoms with Crippen molar-refractivity contribution in [2.45, 2.75) is 57.8 Å². The van der Waals surface area contributed by atoms with Gasteiger partial charge < -0.3 is 10.1 Å². The largest absolute Gasteiger partial charge is 0.369 e. The van der Waals surface area contributed by atoms with Gasteiger partial charge in [-0.15, -0.1) is 0 Å². The number of aromatic amines is 1. The summed E-state index contributed by atoms with van der Waals surface area (Å²) >= 11 is 0. The third kappa shape index (κ3) is 1.92. The number of carbonyl (C=O) groups excluding carboxylic acids is 1. The van der Waals surface area contributed by atoms with Crippen LogP contribution in [0.2, 0.25) is 0 Å². The van der Waals surface area contributed by atoms with E-state index in [-0.39, 0.29) is 23.7 Å². The van der Waals surface area contributed by atoms with Crippen LogP contribution in [0.15, 0.2) is 0 Å². The van der Waals surface area contributed by atoms with Gasteiger partial charge in [0.2, 0.25) is 0 Å². The van der Waals surface area contributed by atoms with E-state index in [2.05, 4.69) is 22.4 Å². The van der Waals surface area contributed by atoms with Crippen molar-refractivity contribution >= 4 is 5.91 Å². The van der Waals surface area contributed by atoms with Gasteiger partial charge >= 0.3 is 0 Å². The van der Waals surface area contributed by atoms with Gasteiger partial charge in [0.25, 0.3) is 5.91 Å². The number of carbonyl (C=O) groups is 1. The number of hydrogen-bond donors (Lipinski definition) is 2. The zero-order valence-electron chi connectivity index (χ0n) is 11.0. The standard InChI is InChI=1S/C13H19N3O2/c1-7-6-9-10(8(2)18-7)15-16-11(9)12(17)14-13(3)4-5-13/h7-8H,4-6H2,1-3H3,(H,14,17)(H,15,16)/t7-,8+/m1/s1. The van der Waals surface area contributed by atoms with Crippen LogP contribution in [-0.2, 0) is 11.2 Å². The SMILES string of the molecule is C[C@@H]1Cc2c(C(=O)NC3(C)CC3)n[nH]c2[C@H](C)O1. The van der Waals surface area contributed by atoms with E-state index < -0.39 is 0 Å². The lowest BCUT2D eigenvalue weighted by Gasteiger charge is -2.25. The van der Waals surface area contributed by atoms with Crippen LogP contribution in [0.4, 0.5) is 0 Å². The number of amides is 1. The van der Waals surface area contributed by atoms with E-state index in [1.165, 1.54) is 0 Å². The van der Waals surface area contributed by atoms with Crippen LogP contribution in [0, 0.1) is 0 Å². The first-order valence-electron chi connectivity index (χ1n) is 6.54. The van der Waals surface area contributed by atoms with E-state index in [0.29, 0.717) is 5.69 Å². The molecule has 1 aromatic rings. The fourth-order valence-electron chi connectivity index (χ4n) is 2.51. The summed E-state index contributed by atoms with van der Waals surface area (Å²) in [7, 11) is 0. The minimum atomic E-state index is -0.0613. The summed E-state index contributed by atoms with van der Waals surface area (Å²) in [6.07, 6.45) is 2.97. The Labute approximate surface area is 106 Å². The fraction of sp³-hybridized carbons (Fsp3) is 0.692. The maximum Gasteiger partial charge on any atom is 0.272 e. The summed E-state index contributed by atoms with van der Waals surface area (Å²) in [5.41, 5.74) is 2.49. The molecule has 1 aromatic heterocycles. The number of hydrogen-bond acceptors (Lipinski definition) is 3. The van der Waals surface area contributed by atoms with Crippen LogP contribution < -0.4 is 5.32 Å². The quantitative estimate of drug-likeness (QED) is 0.838. The van der Waals surface area contributed by atoms with Gasteiger partial charge in [-0.25, -0.2) is 0 Å². The Balaban J connectivity index is 1.87. The molecule has 0 unspecified atom stereocenters. The molecule has 3 rings (SSSR count). The Morgan fingerprint density at radius 3 is 2.89 bits per heavy atom. The van der Waals surface area contributed by atoms with E-state index in [4.69, 9.17) is 4.74 Å². The molecule has 0 saturated heterocycles. The lowest BCUT2D eigenvalue weighted by Crippen LogP contribution is -2.35. The smallest absolute Gasteiger partial charge is 0.272 e. The molecule has 0 bridgehead atoms. The van der Waals surface area contributed by atoms with Gasteiger partial charge in [0, 0.05) is 17.5 Å². The average Bonchev–Trinajstić information content (AvgIpc) is 2.86. The van der Waals surface area contributed by atoms with Crippen molar-refractivity contribution < 1.29 is 9.53 Å². The number of rotatable bonds is 2. The van der Waals surface area contributed by atoms with Gasteiger partial charge in [0.05, 0.1) is 17.9 Å². The number of fused-ring (bicyclic) bond motifs is 1. The molecule has 5 heteroatoms. The van der Waals surface area contributed by atoms with Gasteiger partial charge in [-0.2, -0.15) is 5.10 Å². The molecular formula is C13H19N3O2. The maximum absolute atomic E-state index is 12.2. The summed E-state index contributed by atoms with van der Waals surface area (Å²) in [6, 6.07) is 0. The lowest BCUT2D eigenvalue weighted by molar-refractivity contribution is -0.00697. The summed E-state index contributed by atoms with van der Waals surface area (Å²) in [5, 5.41) is 10.2. The Morgan fingerprint density at radius 2 is 2.22 bits per heavy atom. The van der Waals surface area contributed by atoms with Crippen molar-refractivity contribution in [2.24, 2.45) is 0 Å². The second kappa shape index (κ2) is 3.82. The molecule has 1 amide bonds. The second-order valence-electron chi connectivity index (χ2n) is 5.77. The zero-order valence-corrected chi connectivity index (χ0v) is 11.0. The number of H-pyrrole nitrogens is 1. The highest BCUT2D eigenvalue weighted by Gasteiger charge is 2.40. The van der Waals surface area contributed by atoms with E-state index in [1.807, 2.05) is 13.8 Å². The summed E-state index contributed by atoms with van der Waals surface area (Å²) in [4.78, 5) is 12.2. The summed E-state index contributed by atoms with van der Waals surface area (Å²) in [6.45, 7) is 6.07. The molecule has 1 saturated carbocycles. The Hall–Kier alpha value is -1.36. The van der Waals surface area contributed by atoms with Gasteiger partial charge in [-0.3, -0.25) is 9.89 Å². The van der Waals surface area contributed by atoms with Crippen LogP contribution in [0.3, 0.4) is 0 Å². The Kier molecular flexibility index (Phi) is 2.48. The number of aromatic nitrogens is 2. The van der Waals surface area contributed by atoms with Gasteiger partial charge in [0.1, 0.15) is 0 Å². The molecule has 1 fully saturated rings. The number of ether oxygens (including phenoxy) is 1. The molecule has 1 aliphatic heterocycles. The molecule has 1 aliphatic carbocycles. The minimum absolute atomic E-state index is 0.00862. The van der Waals surface area contributed by atoms with Crippen LogP contribution in [0.25, 0.3) is 0 Å². The van der Waals surface area contributed by atoms with Crippen molar-refractivity contribution in [1.29, 1.82) is 0 Å². The molecule has 2 atom stereocenters. The molecule has 2 heterocycles. The Bertz CT molecular complexity index is 490. The van der Waals surface area contributed by atoms with Crippen molar-refractivity contribution in [1.82, 2.24) is 15.5 Å². The van der Waals surface area contributed by atoms with E-state index in [0.717, 1.165) is 30.5 Å². The molecule has 0 aromatic carbocycles. The van der Waals surface area contributed by atoms with Gasteiger partial charge in [-0.05, 0) is 33.6 Å². The van der Waals surface area contributed by atoms with E-state index in [9.17, 15) is 4.79 Å². The van der Waals surface area contributed by atoms with Crippen LogP contribution in [0.1, 0.15) is 61.5 Å². The van der Waals surface area contributed by atoms with E-state index in [1.54, 1.807) is 0 Å². The lowest BCUT2D eigenvalue weighted by atomic mass is 9.99. The predicted molar refractivity (Wildman–Crippen MR) is 66.4 cm³/mol. The maximum atomic E-state index is 12.2. The Morgan fingerprint density at radius 1 is 1.50 bits per heavy atom. The molecular weight excluding hydrogens is 230 g/mol. The fourth-order valence-corrected chi connectivity index (χ4v) is 2.51. The predicted octanol–water partition coefficient (Wildman–Crippen LogP) is 1.71. The van der Waals surface area contributed by atoms with Crippen LogP contribution in [0.5, 0.6) is 0 Å². The van der Waals surface area contributed by atoms with Crippen molar-refractivity contribution in [3.63, 3.8) is 0 Å². The summed E-state index contributed by atoms with van der Waals surface area (Å²) < 4.78 is 5.72. The average molecular weight is 249 g/mol. The third-order valence-corrected chi connectivity index (χ3v) is 3.86. The van der Waals surface area contributed by atoms with Crippen LogP contribution >= 0.6 is 0 Å².